The first-order chi connectivity index (χ1) is 8.56. The van der Waals surface area contributed by atoms with Crippen molar-refractivity contribution in [2.75, 3.05) is 6.54 Å². The van der Waals surface area contributed by atoms with Gasteiger partial charge in [0.25, 0.3) is 0 Å². The van der Waals surface area contributed by atoms with E-state index in [0.717, 1.165) is 12.8 Å². The number of nitrogens with two attached hydrogens (primary N) is 1. The summed E-state index contributed by atoms with van der Waals surface area (Å²) >= 11 is 1.80. The zero-order chi connectivity index (χ0) is 13.1. The highest BCUT2D eigenvalue weighted by molar-refractivity contribution is 7.09. The van der Waals surface area contributed by atoms with E-state index in [2.05, 4.69) is 24.1 Å². The number of rotatable bonds is 5. The molecule has 1 fully saturated rings. The van der Waals surface area contributed by atoms with Gasteiger partial charge >= 0.3 is 0 Å². The predicted molar refractivity (Wildman–Crippen MR) is 78.0 cm³/mol. The van der Waals surface area contributed by atoms with Gasteiger partial charge in [-0.3, -0.25) is 4.90 Å². The van der Waals surface area contributed by atoms with Gasteiger partial charge in [-0.05, 0) is 40.2 Å². The van der Waals surface area contributed by atoms with E-state index in [0.29, 0.717) is 12.1 Å². The van der Waals surface area contributed by atoms with Crippen LogP contribution in [0.2, 0.25) is 0 Å². The topological polar surface area (TPSA) is 42.1 Å². The Kier molecular flexibility index (Phi) is 4.76. The molecule has 0 spiro atoms. The van der Waals surface area contributed by atoms with Gasteiger partial charge in [-0.1, -0.05) is 0 Å². The third kappa shape index (κ3) is 3.53. The maximum atomic E-state index is 5.82. The summed E-state index contributed by atoms with van der Waals surface area (Å²) in [7, 11) is 0. The molecule has 1 aromatic rings. The van der Waals surface area contributed by atoms with Crippen LogP contribution in [0.3, 0.4) is 0 Å². The Balaban J connectivity index is 1.94. The van der Waals surface area contributed by atoms with Gasteiger partial charge in [0, 0.05) is 36.3 Å². The Labute approximate surface area is 114 Å². The summed E-state index contributed by atoms with van der Waals surface area (Å²) in [5.74, 6) is 0. The molecule has 1 saturated heterocycles. The summed E-state index contributed by atoms with van der Waals surface area (Å²) in [6, 6.07) is 1.55. The Bertz CT molecular complexity index is 373. The standard InChI is InChI=1S/C14H25N3S/c1-10(2)17-6-4-5-13(17)8-14-16-12(9-18-14)7-11(3)15/h9-11,13H,4-8,15H2,1-3H3. The second kappa shape index (κ2) is 6.13. The molecule has 2 rings (SSSR count). The fraction of sp³-hybridized carbons (Fsp3) is 0.786. The van der Waals surface area contributed by atoms with Crippen molar-refractivity contribution >= 4 is 11.3 Å². The molecule has 0 bridgehead atoms. The molecule has 2 unspecified atom stereocenters. The maximum Gasteiger partial charge on any atom is 0.0943 e. The van der Waals surface area contributed by atoms with E-state index < -0.39 is 0 Å². The molecule has 1 aromatic heterocycles. The van der Waals surface area contributed by atoms with Gasteiger partial charge in [0.05, 0.1) is 10.7 Å². The first-order valence-electron chi connectivity index (χ1n) is 7.01. The van der Waals surface area contributed by atoms with Crippen LogP contribution in [0.4, 0.5) is 0 Å². The summed E-state index contributed by atoms with van der Waals surface area (Å²) in [6.45, 7) is 7.88. The minimum absolute atomic E-state index is 0.207. The highest BCUT2D eigenvalue weighted by Gasteiger charge is 2.27. The van der Waals surface area contributed by atoms with Crippen molar-refractivity contribution in [2.45, 2.75) is 64.6 Å². The van der Waals surface area contributed by atoms with Gasteiger partial charge in [-0.25, -0.2) is 4.98 Å². The molecule has 2 heterocycles. The van der Waals surface area contributed by atoms with Crippen LogP contribution in [0, 0.1) is 0 Å². The highest BCUT2D eigenvalue weighted by atomic mass is 32.1. The molecule has 0 amide bonds. The fourth-order valence-corrected chi connectivity index (χ4v) is 3.70. The van der Waals surface area contributed by atoms with Crippen LogP contribution in [0.15, 0.2) is 5.38 Å². The molecule has 0 radical (unpaired) electrons. The number of nitrogens with zero attached hydrogens (tertiary/aromatic N) is 2. The summed E-state index contributed by atoms with van der Waals surface area (Å²) in [4.78, 5) is 7.34. The molecule has 0 aromatic carbocycles. The average Bonchev–Trinajstić information content (AvgIpc) is 2.87. The van der Waals surface area contributed by atoms with E-state index in [-0.39, 0.29) is 6.04 Å². The van der Waals surface area contributed by atoms with Crippen molar-refractivity contribution in [1.29, 1.82) is 0 Å². The van der Waals surface area contributed by atoms with Crippen molar-refractivity contribution in [3.8, 4) is 0 Å². The predicted octanol–water partition coefficient (Wildman–Crippen LogP) is 2.45. The van der Waals surface area contributed by atoms with Crippen molar-refractivity contribution in [3.05, 3.63) is 16.1 Å². The Morgan fingerprint density at radius 3 is 2.94 bits per heavy atom. The molecular formula is C14H25N3S. The number of thiazole rings is 1. The van der Waals surface area contributed by atoms with Crippen molar-refractivity contribution in [1.82, 2.24) is 9.88 Å². The fourth-order valence-electron chi connectivity index (χ4n) is 2.82. The molecule has 4 heteroatoms. The van der Waals surface area contributed by atoms with Crippen molar-refractivity contribution in [2.24, 2.45) is 5.73 Å². The SMILES string of the molecule is CC(N)Cc1csc(CC2CCCN2C(C)C)n1. The van der Waals surface area contributed by atoms with Crippen molar-refractivity contribution < 1.29 is 0 Å². The number of aromatic nitrogens is 1. The first-order valence-corrected chi connectivity index (χ1v) is 7.89. The monoisotopic (exact) mass is 267 g/mol. The zero-order valence-electron chi connectivity index (χ0n) is 11.7. The lowest BCUT2D eigenvalue weighted by atomic mass is 10.1. The molecule has 1 aliphatic rings. The van der Waals surface area contributed by atoms with Crippen LogP contribution >= 0.6 is 11.3 Å². The smallest absolute Gasteiger partial charge is 0.0943 e. The van der Waals surface area contributed by atoms with Crippen molar-refractivity contribution in [3.63, 3.8) is 0 Å². The van der Waals surface area contributed by atoms with E-state index in [1.165, 1.54) is 30.1 Å². The zero-order valence-corrected chi connectivity index (χ0v) is 12.5. The molecular weight excluding hydrogens is 242 g/mol. The average molecular weight is 267 g/mol. The lowest BCUT2D eigenvalue weighted by Gasteiger charge is -2.27. The lowest BCUT2D eigenvalue weighted by molar-refractivity contribution is 0.202. The molecule has 18 heavy (non-hydrogen) atoms. The molecule has 1 aliphatic heterocycles. The third-order valence-electron chi connectivity index (χ3n) is 3.63. The van der Waals surface area contributed by atoms with E-state index in [4.69, 9.17) is 10.7 Å². The van der Waals surface area contributed by atoms with Crippen LogP contribution < -0.4 is 5.73 Å². The number of likely N-dealkylation sites (tertiary alicyclic amines) is 1. The van der Waals surface area contributed by atoms with Crippen LogP contribution in [-0.4, -0.2) is 34.6 Å². The molecule has 3 nitrogen and oxygen atoms in total. The quantitative estimate of drug-likeness (QED) is 0.891. The highest BCUT2D eigenvalue weighted by Crippen LogP contribution is 2.24. The van der Waals surface area contributed by atoms with Gasteiger partial charge in [0.2, 0.25) is 0 Å². The Morgan fingerprint density at radius 2 is 2.28 bits per heavy atom. The van der Waals surface area contributed by atoms with Gasteiger partial charge in [-0.2, -0.15) is 0 Å². The van der Waals surface area contributed by atoms with Gasteiger partial charge < -0.3 is 5.73 Å². The first kappa shape index (κ1) is 14.0. The van der Waals surface area contributed by atoms with Crippen LogP contribution in [0.1, 0.15) is 44.3 Å². The summed E-state index contributed by atoms with van der Waals surface area (Å²) < 4.78 is 0. The largest absolute Gasteiger partial charge is 0.328 e. The van der Waals surface area contributed by atoms with E-state index >= 15 is 0 Å². The number of hydrogen-bond donors (Lipinski definition) is 1. The normalized spacial score (nSPS) is 22.8. The summed E-state index contributed by atoms with van der Waals surface area (Å²) in [5, 5.41) is 3.45. The molecule has 0 aliphatic carbocycles. The Hall–Kier alpha value is -0.450. The van der Waals surface area contributed by atoms with Gasteiger partial charge in [0.1, 0.15) is 0 Å². The Morgan fingerprint density at radius 1 is 1.50 bits per heavy atom. The summed E-state index contributed by atoms with van der Waals surface area (Å²) in [6.07, 6.45) is 4.66. The molecule has 102 valence electrons. The van der Waals surface area contributed by atoms with Crippen LogP contribution in [-0.2, 0) is 12.8 Å². The van der Waals surface area contributed by atoms with E-state index in [1.54, 1.807) is 11.3 Å². The minimum Gasteiger partial charge on any atom is -0.328 e. The van der Waals surface area contributed by atoms with E-state index in [9.17, 15) is 0 Å². The molecule has 2 atom stereocenters. The molecule has 2 N–H and O–H groups in total. The van der Waals surface area contributed by atoms with E-state index in [1.807, 2.05) is 6.92 Å². The third-order valence-corrected chi connectivity index (χ3v) is 4.55. The lowest BCUT2D eigenvalue weighted by Crippen LogP contribution is -2.36. The second-order valence-electron chi connectivity index (χ2n) is 5.75. The molecule has 0 saturated carbocycles. The van der Waals surface area contributed by atoms with Gasteiger partial charge in [0.15, 0.2) is 0 Å². The number of hydrogen-bond acceptors (Lipinski definition) is 4. The van der Waals surface area contributed by atoms with Gasteiger partial charge in [-0.15, -0.1) is 11.3 Å². The minimum atomic E-state index is 0.207. The second-order valence-corrected chi connectivity index (χ2v) is 6.69. The van der Waals surface area contributed by atoms with Crippen LogP contribution in [0.5, 0.6) is 0 Å². The maximum absolute atomic E-state index is 5.82. The summed E-state index contributed by atoms with van der Waals surface area (Å²) in [5.41, 5.74) is 6.98. The van der Waals surface area contributed by atoms with Crippen LogP contribution in [0.25, 0.3) is 0 Å².